The van der Waals surface area contributed by atoms with Crippen molar-refractivity contribution in [1.29, 1.82) is 0 Å². The van der Waals surface area contributed by atoms with Crippen molar-refractivity contribution in [2.24, 2.45) is 0 Å². The first kappa shape index (κ1) is 11.5. The number of amides is 2. The van der Waals surface area contributed by atoms with E-state index in [0.717, 1.165) is 16.6 Å². The number of nitrogens with one attached hydrogen (secondary N) is 1. The number of benzene rings is 1. The molecular formula is C13H12N4O2. The van der Waals surface area contributed by atoms with Crippen LogP contribution < -0.4 is 16.0 Å². The van der Waals surface area contributed by atoms with Gasteiger partial charge in [0.1, 0.15) is 0 Å². The van der Waals surface area contributed by atoms with E-state index in [0.29, 0.717) is 5.69 Å². The van der Waals surface area contributed by atoms with E-state index in [1.54, 1.807) is 29.3 Å². The molecule has 3 rings (SSSR count). The van der Waals surface area contributed by atoms with Gasteiger partial charge in [-0.3, -0.25) is 19.9 Å². The Balaban J connectivity index is 2.09. The molecule has 0 unspecified atom stereocenters. The second kappa shape index (κ2) is 4.24. The van der Waals surface area contributed by atoms with E-state index >= 15 is 0 Å². The van der Waals surface area contributed by atoms with Crippen LogP contribution in [0.5, 0.6) is 0 Å². The second-order valence-corrected chi connectivity index (χ2v) is 4.43. The highest BCUT2D eigenvalue weighted by Crippen LogP contribution is 2.27. The van der Waals surface area contributed by atoms with E-state index in [1.807, 2.05) is 6.07 Å². The lowest BCUT2D eigenvalue weighted by molar-refractivity contribution is -0.130. The van der Waals surface area contributed by atoms with Gasteiger partial charge in [0.05, 0.1) is 18.6 Å². The van der Waals surface area contributed by atoms with Crippen molar-refractivity contribution >= 4 is 34.1 Å². The molecular weight excluding hydrogens is 244 g/mol. The van der Waals surface area contributed by atoms with Crippen molar-refractivity contribution in [3.8, 4) is 0 Å². The van der Waals surface area contributed by atoms with E-state index in [2.05, 4.69) is 10.3 Å². The highest BCUT2D eigenvalue weighted by Gasteiger charge is 2.23. The van der Waals surface area contributed by atoms with Crippen molar-refractivity contribution < 1.29 is 9.59 Å². The molecule has 1 aliphatic heterocycles. The van der Waals surface area contributed by atoms with Gasteiger partial charge < -0.3 is 10.6 Å². The molecule has 19 heavy (non-hydrogen) atoms. The zero-order chi connectivity index (χ0) is 13.4. The predicted octanol–water partition coefficient (Wildman–Crippen LogP) is 0.280. The number of rotatable bonds is 1. The smallest absolute Gasteiger partial charge is 0.246 e. The van der Waals surface area contributed by atoms with Crippen LogP contribution >= 0.6 is 0 Å². The molecule has 1 aromatic heterocycles. The summed E-state index contributed by atoms with van der Waals surface area (Å²) >= 11 is 0. The standard InChI is InChI=1S/C13H12N4O2/c14-8-1-2-9-10(5-8)15-4-3-11(9)17-6-12(18)16-13(19)7-17/h1-5H,6-7,14H2,(H,16,18,19). The van der Waals surface area contributed by atoms with Gasteiger partial charge in [-0.25, -0.2) is 0 Å². The largest absolute Gasteiger partial charge is 0.399 e. The number of nitrogen functional groups attached to an aromatic ring is 1. The van der Waals surface area contributed by atoms with Crippen molar-refractivity contribution in [1.82, 2.24) is 10.3 Å². The maximum Gasteiger partial charge on any atom is 0.246 e. The summed E-state index contributed by atoms with van der Waals surface area (Å²) < 4.78 is 0. The van der Waals surface area contributed by atoms with E-state index in [9.17, 15) is 9.59 Å². The molecule has 2 heterocycles. The zero-order valence-electron chi connectivity index (χ0n) is 10.1. The maximum atomic E-state index is 11.4. The Kier molecular flexibility index (Phi) is 2.56. The third-order valence-corrected chi connectivity index (χ3v) is 3.03. The van der Waals surface area contributed by atoms with Crippen LogP contribution in [-0.2, 0) is 9.59 Å². The van der Waals surface area contributed by atoms with Crippen molar-refractivity contribution in [2.45, 2.75) is 0 Å². The van der Waals surface area contributed by atoms with Gasteiger partial charge in [0.2, 0.25) is 11.8 Å². The van der Waals surface area contributed by atoms with E-state index in [4.69, 9.17) is 5.73 Å². The summed E-state index contributed by atoms with van der Waals surface area (Å²) in [6, 6.07) is 7.19. The van der Waals surface area contributed by atoms with Gasteiger partial charge in [0.15, 0.2) is 0 Å². The molecule has 1 saturated heterocycles. The topological polar surface area (TPSA) is 88.3 Å². The van der Waals surface area contributed by atoms with Crippen LogP contribution in [0.2, 0.25) is 0 Å². The first-order chi connectivity index (χ1) is 9.13. The van der Waals surface area contributed by atoms with Crippen molar-refractivity contribution in [3.05, 3.63) is 30.5 Å². The van der Waals surface area contributed by atoms with Gasteiger partial charge in [-0.15, -0.1) is 0 Å². The normalized spacial score (nSPS) is 15.7. The third kappa shape index (κ3) is 2.08. The number of fused-ring (bicyclic) bond motifs is 1. The molecule has 0 radical (unpaired) electrons. The fourth-order valence-electron chi connectivity index (χ4n) is 2.23. The lowest BCUT2D eigenvalue weighted by atomic mass is 10.1. The number of aromatic nitrogens is 1. The predicted molar refractivity (Wildman–Crippen MR) is 71.5 cm³/mol. The molecule has 1 aliphatic rings. The molecule has 0 aliphatic carbocycles. The number of hydrogen-bond acceptors (Lipinski definition) is 5. The quantitative estimate of drug-likeness (QED) is 0.565. The molecule has 0 atom stereocenters. The third-order valence-electron chi connectivity index (χ3n) is 3.03. The Bertz CT molecular complexity index is 667. The monoisotopic (exact) mass is 256 g/mol. The molecule has 3 N–H and O–H groups in total. The van der Waals surface area contributed by atoms with Crippen LogP contribution in [-0.4, -0.2) is 29.9 Å². The summed E-state index contributed by atoms with van der Waals surface area (Å²) in [6.07, 6.45) is 1.65. The zero-order valence-corrected chi connectivity index (χ0v) is 10.1. The average Bonchev–Trinajstić information content (AvgIpc) is 2.36. The van der Waals surface area contributed by atoms with Gasteiger partial charge in [-0.2, -0.15) is 0 Å². The molecule has 2 aromatic rings. The van der Waals surface area contributed by atoms with Gasteiger partial charge in [-0.05, 0) is 24.3 Å². The Hall–Kier alpha value is -2.63. The summed E-state index contributed by atoms with van der Waals surface area (Å²) in [7, 11) is 0. The summed E-state index contributed by atoms with van der Waals surface area (Å²) in [6.45, 7) is 0.324. The molecule has 0 spiro atoms. The van der Waals surface area contributed by atoms with E-state index < -0.39 is 0 Å². The first-order valence-corrected chi connectivity index (χ1v) is 5.85. The summed E-state index contributed by atoms with van der Waals surface area (Å²) in [4.78, 5) is 28.9. The number of piperazine rings is 1. The number of nitrogens with two attached hydrogens (primary N) is 1. The number of imide groups is 1. The number of hydrogen-bond donors (Lipinski definition) is 2. The summed E-state index contributed by atoms with van der Waals surface area (Å²) in [5.41, 5.74) is 7.91. The Morgan fingerprint density at radius 3 is 2.63 bits per heavy atom. The number of carbonyl (C=O) groups excluding carboxylic acids is 2. The van der Waals surface area contributed by atoms with Crippen LogP contribution in [0.25, 0.3) is 10.9 Å². The minimum Gasteiger partial charge on any atom is -0.399 e. The lowest BCUT2D eigenvalue weighted by Crippen LogP contribution is -2.51. The Morgan fingerprint density at radius 1 is 1.16 bits per heavy atom. The number of nitrogens with zero attached hydrogens (tertiary/aromatic N) is 2. The molecule has 96 valence electrons. The minimum atomic E-state index is -0.295. The number of pyridine rings is 1. The molecule has 1 aromatic carbocycles. The summed E-state index contributed by atoms with van der Waals surface area (Å²) in [5, 5.41) is 3.16. The van der Waals surface area contributed by atoms with Gasteiger partial charge in [0.25, 0.3) is 0 Å². The van der Waals surface area contributed by atoms with Gasteiger partial charge in [0, 0.05) is 23.0 Å². The second-order valence-electron chi connectivity index (χ2n) is 4.43. The maximum absolute atomic E-state index is 11.4. The van der Waals surface area contributed by atoms with E-state index in [-0.39, 0.29) is 24.9 Å². The molecule has 6 heteroatoms. The Morgan fingerprint density at radius 2 is 1.89 bits per heavy atom. The highest BCUT2D eigenvalue weighted by molar-refractivity contribution is 6.05. The molecule has 0 bridgehead atoms. The highest BCUT2D eigenvalue weighted by atomic mass is 16.2. The van der Waals surface area contributed by atoms with Crippen molar-refractivity contribution in [2.75, 3.05) is 23.7 Å². The van der Waals surface area contributed by atoms with Crippen LogP contribution in [0.15, 0.2) is 30.5 Å². The fraction of sp³-hybridized carbons (Fsp3) is 0.154. The SMILES string of the molecule is Nc1ccc2c(N3CC(=O)NC(=O)C3)ccnc2c1. The number of anilines is 2. The van der Waals surface area contributed by atoms with Crippen LogP contribution in [0.4, 0.5) is 11.4 Å². The van der Waals surface area contributed by atoms with Crippen LogP contribution in [0.1, 0.15) is 0 Å². The van der Waals surface area contributed by atoms with Crippen LogP contribution in [0, 0.1) is 0 Å². The van der Waals surface area contributed by atoms with Crippen molar-refractivity contribution in [3.63, 3.8) is 0 Å². The number of carbonyl (C=O) groups is 2. The van der Waals surface area contributed by atoms with Crippen LogP contribution in [0.3, 0.4) is 0 Å². The van der Waals surface area contributed by atoms with Gasteiger partial charge in [-0.1, -0.05) is 0 Å². The summed E-state index contributed by atoms with van der Waals surface area (Å²) in [5.74, 6) is -0.590. The molecule has 2 amide bonds. The van der Waals surface area contributed by atoms with Gasteiger partial charge >= 0.3 is 0 Å². The average molecular weight is 256 g/mol. The fourth-order valence-corrected chi connectivity index (χ4v) is 2.23. The minimum absolute atomic E-state index is 0.162. The molecule has 1 fully saturated rings. The molecule has 0 saturated carbocycles. The lowest BCUT2D eigenvalue weighted by Gasteiger charge is -2.28. The van der Waals surface area contributed by atoms with E-state index in [1.165, 1.54) is 0 Å². The molecule has 6 nitrogen and oxygen atoms in total. The first-order valence-electron chi connectivity index (χ1n) is 5.85. The Labute approximate surface area is 109 Å².